The number of unbranched alkanes of at least 4 members (excludes halogenated alkanes) is 2. The topological polar surface area (TPSA) is 67.1 Å². The lowest BCUT2D eigenvalue weighted by Gasteiger charge is -2.24. The summed E-state index contributed by atoms with van der Waals surface area (Å²) < 4.78 is 0. The smallest absolute Gasteiger partial charge is 0.223 e. The van der Waals surface area contributed by atoms with Crippen molar-refractivity contribution in [1.82, 2.24) is 9.97 Å². The Labute approximate surface area is 123 Å². The van der Waals surface area contributed by atoms with Crippen molar-refractivity contribution >= 4 is 17.6 Å². The molecule has 3 N–H and O–H groups in total. The number of rotatable bonds is 10. The molecular formula is C15H29N5. The Bertz CT molecular complexity index is 373. The fraction of sp³-hybridized carbons (Fsp3) is 0.733. The third-order valence-corrected chi connectivity index (χ3v) is 3.17. The van der Waals surface area contributed by atoms with E-state index in [-0.39, 0.29) is 0 Å². The van der Waals surface area contributed by atoms with Gasteiger partial charge in [-0.25, -0.2) is 0 Å². The monoisotopic (exact) mass is 279 g/mol. The molecule has 0 saturated heterocycles. The molecule has 1 aromatic heterocycles. The number of aromatic nitrogens is 2. The van der Waals surface area contributed by atoms with Crippen molar-refractivity contribution in [1.29, 1.82) is 0 Å². The van der Waals surface area contributed by atoms with E-state index >= 15 is 0 Å². The van der Waals surface area contributed by atoms with E-state index in [4.69, 9.17) is 5.73 Å². The number of anilines is 3. The van der Waals surface area contributed by atoms with Crippen LogP contribution < -0.4 is 16.0 Å². The maximum atomic E-state index is 5.84. The molecule has 5 nitrogen and oxygen atoms in total. The van der Waals surface area contributed by atoms with E-state index in [0.29, 0.717) is 5.95 Å². The second-order valence-corrected chi connectivity index (χ2v) is 5.09. The number of nitrogens with two attached hydrogens (primary N) is 1. The normalized spacial score (nSPS) is 10.6. The van der Waals surface area contributed by atoms with Crippen LogP contribution in [0.15, 0.2) is 6.07 Å². The predicted octanol–water partition coefficient (Wildman–Crippen LogP) is 3.29. The molecule has 0 aliphatic rings. The van der Waals surface area contributed by atoms with E-state index in [0.717, 1.165) is 37.7 Å². The Balaban J connectivity index is 2.83. The van der Waals surface area contributed by atoms with Crippen LogP contribution in [0.2, 0.25) is 0 Å². The molecule has 114 valence electrons. The molecule has 5 heteroatoms. The standard InChI is InChI=1S/C15H29N5/c1-4-7-10-20(11-8-5-2)14-12-13(17-9-6-3)18-15(16)19-14/h12H,4-11H2,1-3H3,(H3,16,17,18,19). The lowest BCUT2D eigenvalue weighted by Crippen LogP contribution is -2.27. The van der Waals surface area contributed by atoms with Crippen LogP contribution >= 0.6 is 0 Å². The summed E-state index contributed by atoms with van der Waals surface area (Å²) in [6, 6.07) is 2.01. The highest BCUT2D eigenvalue weighted by Gasteiger charge is 2.10. The second-order valence-electron chi connectivity index (χ2n) is 5.09. The van der Waals surface area contributed by atoms with Crippen LogP contribution in [0, 0.1) is 0 Å². The summed E-state index contributed by atoms with van der Waals surface area (Å²) >= 11 is 0. The average Bonchev–Trinajstić information content (AvgIpc) is 2.44. The fourth-order valence-electron chi connectivity index (χ4n) is 2.00. The summed E-state index contributed by atoms with van der Waals surface area (Å²) in [6.45, 7) is 9.51. The molecular weight excluding hydrogens is 250 g/mol. The third-order valence-electron chi connectivity index (χ3n) is 3.17. The Hall–Kier alpha value is -1.52. The number of nitrogens with zero attached hydrogens (tertiary/aromatic N) is 3. The Morgan fingerprint density at radius 2 is 1.70 bits per heavy atom. The maximum absolute atomic E-state index is 5.84. The van der Waals surface area contributed by atoms with Gasteiger partial charge in [-0.2, -0.15) is 9.97 Å². The molecule has 0 aliphatic carbocycles. The Morgan fingerprint density at radius 3 is 2.25 bits per heavy atom. The van der Waals surface area contributed by atoms with Crippen LogP contribution in [0.3, 0.4) is 0 Å². The summed E-state index contributed by atoms with van der Waals surface area (Å²) in [7, 11) is 0. The van der Waals surface area contributed by atoms with Crippen molar-refractivity contribution in [3.05, 3.63) is 6.07 Å². The molecule has 0 atom stereocenters. The van der Waals surface area contributed by atoms with E-state index in [1.54, 1.807) is 0 Å². The molecule has 1 rings (SSSR count). The SMILES string of the molecule is CCCCN(CCCC)c1cc(NCCC)nc(N)n1. The maximum Gasteiger partial charge on any atom is 0.223 e. The van der Waals surface area contributed by atoms with Gasteiger partial charge in [0.15, 0.2) is 0 Å². The zero-order chi connectivity index (χ0) is 14.8. The van der Waals surface area contributed by atoms with Gasteiger partial charge < -0.3 is 16.0 Å². The van der Waals surface area contributed by atoms with Gasteiger partial charge in [0.1, 0.15) is 11.6 Å². The second kappa shape index (κ2) is 9.39. The highest BCUT2D eigenvalue weighted by molar-refractivity contribution is 5.52. The molecule has 1 aromatic rings. The van der Waals surface area contributed by atoms with Crippen molar-refractivity contribution < 1.29 is 0 Å². The van der Waals surface area contributed by atoms with Gasteiger partial charge in [0.25, 0.3) is 0 Å². The number of nitrogen functional groups attached to an aromatic ring is 1. The van der Waals surface area contributed by atoms with Crippen molar-refractivity contribution in [2.75, 3.05) is 35.6 Å². The van der Waals surface area contributed by atoms with Gasteiger partial charge in [-0.15, -0.1) is 0 Å². The molecule has 0 saturated carbocycles. The number of hydrogen-bond acceptors (Lipinski definition) is 5. The summed E-state index contributed by atoms with van der Waals surface area (Å²) in [5.74, 6) is 2.12. The van der Waals surface area contributed by atoms with E-state index in [9.17, 15) is 0 Å². The minimum Gasteiger partial charge on any atom is -0.370 e. The highest BCUT2D eigenvalue weighted by Crippen LogP contribution is 2.18. The van der Waals surface area contributed by atoms with Crippen LogP contribution in [-0.4, -0.2) is 29.6 Å². The van der Waals surface area contributed by atoms with Crippen molar-refractivity contribution in [3.63, 3.8) is 0 Å². The van der Waals surface area contributed by atoms with E-state index < -0.39 is 0 Å². The van der Waals surface area contributed by atoms with Crippen LogP contribution in [-0.2, 0) is 0 Å². The van der Waals surface area contributed by atoms with Gasteiger partial charge in [-0.3, -0.25) is 0 Å². The molecule has 0 unspecified atom stereocenters. The minimum atomic E-state index is 0.346. The Kier molecular flexibility index (Phi) is 7.77. The number of nitrogens with one attached hydrogen (secondary N) is 1. The minimum absolute atomic E-state index is 0.346. The van der Waals surface area contributed by atoms with Gasteiger partial charge in [0.2, 0.25) is 5.95 Å². The molecule has 0 amide bonds. The van der Waals surface area contributed by atoms with E-state index in [1.807, 2.05) is 6.07 Å². The molecule has 0 aliphatic heterocycles. The molecule has 0 aromatic carbocycles. The molecule has 20 heavy (non-hydrogen) atoms. The first-order valence-corrected chi connectivity index (χ1v) is 7.84. The van der Waals surface area contributed by atoms with Gasteiger partial charge in [-0.05, 0) is 19.3 Å². The fourth-order valence-corrected chi connectivity index (χ4v) is 2.00. The molecule has 1 heterocycles. The molecule has 0 bridgehead atoms. The van der Waals surface area contributed by atoms with Crippen LogP contribution in [0.1, 0.15) is 52.9 Å². The van der Waals surface area contributed by atoms with Crippen molar-refractivity contribution in [2.24, 2.45) is 0 Å². The summed E-state index contributed by atoms with van der Waals surface area (Å²) in [5, 5.41) is 3.28. The largest absolute Gasteiger partial charge is 0.370 e. The summed E-state index contributed by atoms with van der Waals surface area (Å²) in [5.41, 5.74) is 5.84. The Morgan fingerprint density at radius 1 is 1.05 bits per heavy atom. The molecule has 0 fully saturated rings. The van der Waals surface area contributed by atoms with Gasteiger partial charge in [-0.1, -0.05) is 33.6 Å². The first-order valence-electron chi connectivity index (χ1n) is 7.84. The summed E-state index contributed by atoms with van der Waals surface area (Å²) in [6.07, 6.45) is 5.78. The van der Waals surface area contributed by atoms with E-state index in [2.05, 4.69) is 41.0 Å². The average molecular weight is 279 g/mol. The molecule has 0 radical (unpaired) electrons. The first kappa shape index (κ1) is 16.5. The third kappa shape index (κ3) is 5.63. The lowest BCUT2D eigenvalue weighted by molar-refractivity contribution is 0.671. The van der Waals surface area contributed by atoms with Crippen molar-refractivity contribution in [3.8, 4) is 0 Å². The first-order chi connectivity index (χ1) is 9.71. The van der Waals surface area contributed by atoms with Gasteiger partial charge >= 0.3 is 0 Å². The summed E-state index contributed by atoms with van der Waals surface area (Å²) in [4.78, 5) is 11.0. The van der Waals surface area contributed by atoms with Crippen LogP contribution in [0.4, 0.5) is 17.6 Å². The van der Waals surface area contributed by atoms with Crippen LogP contribution in [0.5, 0.6) is 0 Å². The van der Waals surface area contributed by atoms with Crippen LogP contribution in [0.25, 0.3) is 0 Å². The quantitative estimate of drug-likeness (QED) is 0.688. The molecule has 0 spiro atoms. The predicted molar refractivity (Wildman–Crippen MR) is 87.3 cm³/mol. The zero-order valence-electron chi connectivity index (χ0n) is 13.2. The number of hydrogen-bond donors (Lipinski definition) is 2. The van der Waals surface area contributed by atoms with Gasteiger partial charge in [0.05, 0.1) is 0 Å². The highest BCUT2D eigenvalue weighted by atomic mass is 15.2. The van der Waals surface area contributed by atoms with Crippen molar-refractivity contribution in [2.45, 2.75) is 52.9 Å². The van der Waals surface area contributed by atoms with E-state index in [1.165, 1.54) is 25.7 Å². The zero-order valence-corrected chi connectivity index (χ0v) is 13.2. The van der Waals surface area contributed by atoms with Gasteiger partial charge in [0, 0.05) is 25.7 Å². The lowest BCUT2D eigenvalue weighted by atomic mass is 10.2.